The highest BCUT2D eigenvalue weighted by Crippen LogP contribution is 2.18. The third kappa shape index (κ3) is 5.93. The summed E-state index contributed by atoms with van der Waals surface area (Å²) in [6.45, 7) is 11.0. The number of hydrogen-bond acceptors (Lipinski definition) is 3. The molecule has 0 amide bonds. The summed E-state index contributed by atoms with van der Waals surface area (Å²) in [6, 6.07) is 3.52. The predicted molar refractivity (Wildman–Crippen MR) is 81.0 cm³/mol. The van der Waals surface area contributed by atoms with Crippen LogP contribution in [0.5, 0.6) is 0 Å². The van der Waals surface area contributed by atoms with Crippen LogP contribution in [0.1, 0.15) is 66.2 Å². The van der Waals surface area contributed by atoms with Crippen molar-refractivity contribution < 1.29 is 0 Å². The largest absolute Gasteiger partial charge is 0.301 e. The molecule has 0 bridgehead atoms. The topological polar surface area (TPSA) is 39.1 Å². The Hall–Kier alpha value is -0.590. The van der Waals surface area contributed by atoms with E-state index in [9.17, 15) is 5.26 Å². The Balaban J connectivity index is 2.37. The van der Waals surface area contributed by atoms with Crippen LogP contribution in [0.25, 0.3) is 0 Å². The lowest BCUT2D eigenvalue weighted by molar-refractivity contribution is 0.202. The average Bonchev–Trinajstić information content (AvgIpc) is 2.54. The van der Waals surface area contributed by atoms with Gasteiger partial charge >= 0.3 is 0 Å². The summed E-state index contributed by atoms with van der Waals surface area (Å²) in [4.78, 5) is 2.61. The first-order chi connectivity index (χ1) is 8.97. The molecule has 2 atom stereocenters. The molecule has 1 N–H and O–H groups in total. The van der Waals surface area contributed by atoms with Gasteiger partial charge in [0.25, 0.3) is 0 Å². The Morgan fingerprint density at radius 2 is 2.11 bits per heavy atom. The van der Waals surface area contributed by atoms with Crippen molar-refractivity contribution in [1.82, 2.24) is 10.2 Å². The lowest BCUT2D eigenvalue weighted by Crippen LogP contribution is -2.45. The van der Waals surface area contributed by atoms with Crippen LogP contribution in [-0.2, 0) is 0 Å². The highest BCUT2D eigenvalue weighted by molar-refractivity contribution is 5.04. The zero-order valence-electron chi connectivity index (χ0n) is 13.2. The van der Waals surface area contributed by atoms with Crippen molar-refractivity contribution in [3.63, 3.8) is 0 Å². The van der Waals surface area contributed by atoms with Crippen LogP contribution in [0, 0.1) is 11.3 Å². The van der Waals surface area contributed by atoms with Crippen molar-refractivity contribution >= 4 is 0 Å². The van der Waals surface area contributed by atoms with Crippen molar-refractivity contribution in [3.8, 4) is 6.07 Å². The quantitative estimate of drug-likeness (QED) is 0.801. The standard InChI is InChI=1S/C16H31N3/c1-14(2)18-16(4,13-17)10-8-12-19-11-7-5-6-9-15(19)3/h14-15,18H,5-12H2,1-4H3. The molecular weight excluding hydrogens is 234 g/mol. The van der Waals surface area contributed by atoms with Gasteiger partial charge in [0.15, 0.2) is 0 Å². The molecule has 1 aliphatic heterocycles. The third-order valence-electron chi connectivity index (χ3n) is 4.17. The molecule has 0 aliphatic carbocycles. The summed E-state index contributed by atoms with van der Waals surface area (Å²) in [5.41, 5.74) is -0.372. The molecule has 1 rings (SSSR count). The molecule has 1 heterocycles. The minimum atomic E-state index is -0.372. The highest BCUT2D eigenvalue weighted by Gasteiger charge is 2.24. The van der Waals surface area contributed by atoms with Gasteiger partial charge in [0.1, 0.15) is 5.54 Å². The molecule has 0 aromatic rings. The summed E-state index contributed by atoms with van der Waals surface area (Å²) < 4.78 is 0. The van der Waals surface area contributed by atoms with Gasteiger partial charge in [-0.15, -0.1) is 0 Å². The molecule has 110 valence electrons. The van der Waals surface area contributed by atoms with Gasteiger partial charge in [0.05, 0.1) is 6.07 Å². The predicted octanol–water partition coefficient (Wildman–Crippen LogP) is 3.31. The maximum absolute atomic E-state index is 9.34. The smallest absolute Gasteiger partial charge is 0.104 e. The van der Waals surface area contributed by atoms with Gasteiger partial charge in [-0.2, -0.15) is 5.26 Å². The van der Waals surface area contributed by atoms with Gasteiger partial charge in [-0.3, -0.25) is 5.32 Å². The SMILES string of the molecule is CC(C)NC(C)(C#N)CCCN1CCCCCC1C. The first kappa shape index (κ1) is 16.5. The Morgan fingerprint density at radius 1 is 1.37 bits per heavy atom. The van der Waals surface area contributed by atoms with E-state index in [-0.39, 0.29) is 5.54 Å². The minimum Gasteiger partial charge on any atom is -0.301 e. The normalized spacial score (nSPS) is 24.7. The van der Waals surface area contributed by atoms with Crippen molar-refractivity contribution in [2.45, 2.75) is 83.8 Å². The van der Waals surface area contributed by atoms with Crippen LogP contribution in [0.4, 0.5) is 0 Å². The maximum Gasteiger partial charge on any atom is 0.104 e. The number of nitrogens with one attached hydrogen (secondary N) is 1. The molecule has 19 heavy (non-hydrogen) atoms. The average molecular weight is 265 g/mol. The van der Waals surface area contributed by atoms with Gasteiger partial charge in [0.2, 0.25) is 0 Å². The maximum atomic E-state index is 9.34. The number of likely N-dealkylation sites (tertiary alicyclic amines) is 1. The summed E-state index contributed by atoms with van der Waals surface area (Å²) in [5.74, 6) is 0. The molecule has 3 nitrogen and oxygen atoms in total. The fourth-order valence-electron chi connectivity index (χ4n) is 3.10. The van der Waals surface area contributed by atoms with Gasteiger partial charge in [-0.1, -0.05) is 12.8 Å². The fraction of sp³-hybridized carbons (Fsp3) is 0.938. The fourth-order valence-corrected chi connectivity index (χ4v) is 3.10. The van der Waals surface area contributed by atoms with Crippen LogP contribution in [0.2, 0.25) is 0 Å². The van der Waals surface area contributed by atoms with Gasteiger partial charge in [0, 0.05) is 12.1 Å². The Kier molecular flexibility index (Phi) is 6.82. The summed E-state index contributed by atoms with van der Waals surface area (Å²) in [5, 5.41) is 12.7. The zero-order chi connectivity index (χ0) is 14.3. The Morgan fingerprint density at radius 3 is 2.74 bits per heavy atom. The van der Waals surface area contributed by atoms with Crippen molar-refractivity contribution in [3.05, 3.63) is 0 Å². The van der Waals surface area contributed by atoms with E-state index in [0.717, 1.165) is 19.4 Å². The summed E-state index contributed by atoms with van der Waals surface area (Å²) in [7, 11) is 0. The number of rotatable bonds is 6. The van der Waals surface area contributed by atoms with E-state index >= 15 is 0 Å². The third-order valence-corrected chi connectivity index (χ3v) is 4.17. The second kappa shape index (κ2) is 7.87. The van der Waals surface area contributed by atoms with Gasteiger partial charge in [-0.25, -0.2) is 0 Å². The summed E-state index contributed by atoms with van der Waals surface area (Å²) in [6.07, 6.45) is 7.47. The summed E-state index contributed by atoms with van der Waals surface area (Å²) >= 11 is 0. The Labute approximate surface area is 119 Å². The van der Waals surface area contributed by atoms with Gasteiger partial charge in [-0.05, 0) is 66.5 Å². The molecule has 1 fully saturated rings. The van der Waals surface area contributed by atoms with E-state index in [2.05, 4.69) is 37.1 Å². The van der Waals surface area contributed by atoms with E-state index in [0.29, 0.717) is 12.1 Å². The second-order valence-electron chi connectivity index (χ2n) is 6.58. The molecular formula is C16H31N3. The Bertz CT molecular complexity index is 295. The lowest BCUT2D eigenvalue weighted by Gasteiger charge is -2.30. The lowest BCUT2D eigenvalue weighted by atomic mass is 9.96. The molecule has 3 heteroatoms. The first-order valence-corrected chi connectivity index (χ1v) is 7.90. The molecule has 0 spiro atoms. The van der Waals surface area contributed by atoms with Crippen LogP contribution in [0.3, 0.4) is 0 Å². The molecule has 1 saturated heterocycles. The van der Waals surface area contributed by atoms with E-state index in [1.165, 1.54) is 32.2 Å². The van der Waals surface area contributed by atoms with Crippen LogP contribution >= 0.6 is 0 Å². The highest BCUT2D eigenvalue weighted by atomic mass is 15.1. The number of nitriles is 1. The van der Waals surface area contributed by atoms with E-state index in [4.69, 9.17) is 0 Å². The van der Waals surface area contributed by atoms with E-state index < -0.39 is 0 Å². The molecule has 2 unspecified atom stereocenters. The molecule has 0 saturated carbocycles. The van der Waals surface area contributed by atoms with Crippen LogP contribution in [-0.4, -0.2) is 35.6 Å². The number of hydrogen-bond donors (Lipinski definition) is 1. The van der Waals surface area contributed by atoms with Gasteiger partial charge < -0.3 is 4.90 Å². The van der Waals surface area contributed by atoms with E-state index in [1.807, 2.05) is 6.92 Å². The second-order valence-corrected chi connectivity index (χ2v) is 6.58. The minimum absolute atomic E-state index is 0.363. The molecule has 0 aromatic carbocycles. The molecule has 0 aromatic heterocycles. The monoisotopic (exact) mass is 265 g/mol. The number of nitrogens with zero attached hydrogens (tertiary/aromatic N) is 2. The van der Waals surface area contributed by atoms with Crippen LogP contribution in [0.15, 0.2) is 0 Å². The van der Waals surface area contributed by atoms with Crippen LogP contribution < -0.4 is 5.32 Å². The zero-order valence-corrected chi connectivity index (χ0v) is 13.2. The molecule has 0 radical (unpaired) electrons. The van der Waals surface area contributed by atoms with Crippen molar-refractivity contribution in [2.75, 3.05) is 13.1 Å². The van der Waals surface area contributed by atoms with Crippen molar-refractivity contribution in [2.24, 2.45) is 0 Å². The molecule has 1 aliphatic rings. The van der Waals surface area contributed by atoms with E-state index in [1.54, 1.807) is 0 Å². The first-order valence-electron chi connectivity index (χ1n) is 7.90. The van der Waals surface area contributed by atoms with Crippen molar-refractivity contribution in [1.29, 1.82) is 5.26 Å².